The quantitative estimate of drug-likeness (QED) is 0.0578. The Labute approximate surface area is 352 Å². The van der Waals surface area contributed by atoms with Gasteiger partial charge in [0, 0.05) is 25.0 Å². The number of aliphatic hydroxyl groups excluding tert-OH is 8. The SMILES string of the molecule is CCCCCCCCC[C@H]1N[C@H](CO)[C@@H](O)[C@H](O)[C@H]1O.[C-]#[N+][C@H]1C[C@H](CO[Si](C)(C)C)[C@@H](O[Si](C)(C)C)[C@H](O[Si](C)(C)C)[C@H]1C.[C-]#[N+][C@H]1N[C@H](CO)[C@@H](O)[C@H](O)[C@H]1O. The fourth-order valence-corrected chi connectivity index (χ4v) is 10.5. The van der Waals surface area contributed by atoms with Crippen molar-refractivity contribution in [3.63, 3.8) is 0 Å². The predicted molar refractivity (Wildman–Crippen MR) is 234 cm³/mol. The fourth-order valence-electron chi connectivity index (χ4n) is 7.49. The molecular weight excluding hydrogens is 797 g/mol. The maximum Gasteiger partial charge on any atom is 0.306 e. The zero-order valence-corrected chi connectivity index (χ0v) is 40.3. The van der Waals surface area contributed by atoms with Crippen molar-refractivity contribution in [1.29, 1.82) is 0 Å². The number of hydrogen-bond donors (Lipinski definition) is 10. The molecule has 0 aromatic carbocycles. The van der Waals surface area contributed by atoms with E-state index in [2.05, 4.69) is 93.1 Å². The molecule has 2 aliphatic heterocycles. The molecule has 1 aliphatic carbocycles. The molecule has 340 valence electrons. The second-order valence-electron chi connectivity index (χ2n) is 19.3. The van der Waals surface area contributed by atoms with E-state index in [9.17, 15) is 30.6 Å². The first-order chi connectivity index (χ1) is 26.9. The van der Waals surface area contributed by atoms with Gasteiger partial charge in [-0.1, -0.05) is 58.8 Å². The van der Waals surface area contributed by atoms with Gasteiger partial charge in [-0.05, 0) is 65.3 Å². The lowest BCUT2D eigenvalue weighted by Crippen LogP contribution is -2.65. The molecule has 0 aromatic rings. The molecule has 1 saturated carbocycles. The molecule has 0 unspecified atom stereocenters. The summed E-state index contributed by atoms with van der Waals surface area (Å²) in [5.74, 6) is 0.448. The van der Waals surface area contributed by atoms with Crippen molar-refractivity contribution >= 4 is 25.0 Å². The van der Waals surface area contributed by atoms with Gasteiger partial charge in [-0.25, -0.2) is 18.5 Å². The normalized spacial score (nSPS) is 35.7. The van der Waals surface area contributed by atoms with Crippen LogP contribution >= 0.6 is 0 Å². The van der Waals surface area contributed by atoms with Gasteiger partial charge in [0.2, 0.25) is 6.04 Å². The summed E-state index contributed by atoms with van der Waals surface area (Å²) in [6.07, 6.45) is 1.88. The molecule has 0 radical (unpaired) electrons. The Morgan fingerprint density at radius 1 is 0.586 bits per heavy atom. The number of piperidine rings is 2. The molecule has 18 heteroatoms. The minimum absolute atomic E-state index is 0.00137. The fraction of sp³-hybridized carbons (Fsp3) is 0.950. The third kappa shape index (κ3) is 19.0. The maximum atomic E-state index is 9.94. The van der Waals surface area contributed by atoms with Crippen molar-refractivity contribution < 1.29 is 54.1 Å². The number of unbranched alkanes of at least 4 members (excludes halogenated alkanes) is 6. The maximum absolute atomic E-state index is 9.94. The van der Waals surface area contributed by atoms with E-state index in [1.807, 2.05) is 0 Å². The summed E-state index contributed by atoms with van der Waals surface area (Å²) in [5, 5.41) is 80.7. The minimum atomic E-state index is -1.73. The van der Waals surface area contributed by atoms with Crippen molar-refractivity contribution in [2.45, 2.75) is 210 Å². The summed E-state index contributed by atoms with van der Waals surface area (Å²) >= 11 is 0. The number of rotatable bonds is 17. The first kappa shape index (κ1) is 55.1. The molecule has 10 N–H and O–H groups in total. The largest absolute Gasteiger partial charge is 0.417 e. The van der Waals surface area contributed by atoms with Gasteiger partial charge in [0.05, 0.1) is 55.6 Å². The summed E-state index contributed by atoms with van der Waals surface area (Å²) < 4.78 is 19.5. The minimum Gasteiger partial charge on any atom is -0.417 e. The van der Waals surface area contributed by atoms with E-state index in [4.69, 9.17) is 36.6 Å². The molecule has 15 nitrogen and oxygen atoms in total. The zero-order valence-electron chi connectivity index (χ0n) is 37.3. The average molecular weight is 879 g/mol. The number of aliphatic hydroxyl groups is 8. The summed E-state index contributed by atoms with van der Waals surface area (Å²) in [7, 11) is -5.06. The van der Waals surface area contributed by atoms with Crippen LogP contribution in [0.15, 0.2) is 0 Å². The second kappa shape index (κ2) is 25.9. The zero-order chi connectivity index (χ0) is 44.6. The molecule has 58 heavy (non-hydrogen) atoms. The van der Waals surface area contributed by atoms with E-state index in [0.29, 0.717) is 6.61 Å². The first-order valence-electron chi connectivity index (χ1n) is 21.4. The van der Waals surface area contributed by atoms with Crippen LogP contribution in [0.3, 0.4) is 0 Å². The lowest BCUT2D eigenvalue weighted by Gasteiger charge is -2.46. The van der Waals surface area contributed by atoms with Crippen LogP contribution in [0.4, 0.5) is 0 Å². The molecule has 0 aromatic heterocycles. The lowest BCUT2D eigenvalue weighted by molar-refractivity contribution is -0.120. The Hall–Kier alpha value is -0.889. The molecule has 2 heterocycles. The molecule has 3 rings (SSSR count). The summed E-state index contributed by atoms with van der Waals surface area (Å²) in [6.45, 7) is 38.8. The molecule has 15 atom stereocenters. The van der Waals surface area contributed by atoms with E-state index in [0.717, 1.165) is 25.7 Å². The van der Waals surface area contributed by atoms with Gasteiger partial charge in [-0.15, -0.1) is 0 Å². The van der Waals surface area contributed by atoms with E-state index in [1.54, 1.807) is 0 Å². The van der Waals surface area contributed by atoms with Gasteiger partial charge in [-0.2, -0.15) is 0 Å². The average Bonchev–Trinajstić information content (AvgIpc) is 3.14. The highest BCUT2D eigenvalue weighted by atomic mass is 28.4. The lowest BCUT2D eigenvalue weighted by atomic mass is 9.75. The van der Waals surface area contributed by atoms with Crippen LogP contribution in [0.5, 0.6) is 0 Å². The third-order valence-electron chi connectivity index (χ3n) is 10.8. The highest BCUT2D eigenvalue weighted by Gasteiger charge is 2.50. The second-order valence-corrected chi connectivity index (χ2v) is 32.7. The topological polar surface area (TPSA) is 222 Å². The number of nitrogens with zero attached hydrogens (tertiary/aromatic N) is 2. The van der Waals surface area contributed by atoms with E-state index in [1.165, 1.54) is 32.1 Å². The Morgan fingerprint density at radius 3 is 1.52 bits per heavy atom. The molecule has 0 amide bonds. The van der Waals surface area contributed by atoms with Gasteiger partial charge < -0.3 is 64.3 Å². The summed E-state index contributed by atoms with van der Waals surface area (Å²) in [4.78, 5) is 6.95. The molecule has 2 saturated heterocycles. The molecule has 0 spiro atoms. The van der Waals surface area contributed by atoms with E-state index >= 15 is 0 Å². The summed E-state index contributed by atoms with van der Waals surface area (Å²) in [6, 6.07) is -1.57. The van der Waals surface area contributed by atoms with E-state index < -0.39 is 86.4 Å². The highest BCUT2D eigenvalue weighted by Crippen LogP contribution is 2.38. The van der Waals surface area contributed by atoms with E-state index in [-0.39, 0.29) is 42.7 Å². The summed E-state index contributed by atoms with van der Waals surface area (Å²) in [5.41, 5.74) is 0. The van der Waals surface area contributed by atoms with Crippen LogP contribution in [-0.2, 0) is 13.3 Å². The van der Waals surface area contributed by atoms with Gasteiger partial charge in [0.15, 0.2) is 31.1 Å². The van der Waals surface area contributed by atoms with Crippen LogP contribution in [0.2, 0.25) is 58.9 Å². The van der Waals surface area contributed by atoms with Crippen LogP contribution in [-0.4, -0.2) is 165 Å². The van der Waals surface area contributed by atoms with Crippen LogP contribution in [0, 0.1) is 25.0 Å². The molecular formula is C40H82N4O11Si3. The van der Waals surface area contributed by atoms with Crippen LogP contribution < -0.4 is 10.6 Å². The molecule has 3 fully saturated rings. The Morgan fingerprint density at radius 2 is 1.05 bits per heavy atom. The Kier molecular flexibility index (Phi) is 24.6. The van der Waals surface area contributed by atoms with Crippen LogP contribution in [0.1, 0.15) is 71.6 Å². The third-order valence-corrected chi connectivity index (χ3v) is 13.7. The predicted octanol–water partition coefficient (Wildman–Crippen LogP) is 3.04. The standard InChI is InChI=1S/C18H39NO3Si3.C15H31NO4.C7H12N2O4/c1-14-16(19-2)12-15(13-20-23(3,4)5)18(22-25(9,10)11)17(14)21-24(6,7)8;1-2-3-4-5-6-7-8-9-11-13(18)15(20)14(19)12(10-17)16-11;1-8-7-6(13)5(12)4(11)3(2-10)9-7/h14-18H,12-13H2,1,3-11H3;11-20H,2-10H2,1H3;3-7,9-13H,2H2/t14-,15+,16-,17+,18+;11-,12-,13+,14-,15-;3-,4-,5+,6-,7+/m011/s1. The monoisotopic (exact) mass is 879 g/mol. The first-order valence-corrected chi connectivity index (χ1v) is 31.6. The van der Waals surface area contributed by atoms with Crippen LogP contribution in [0.25, 0.3) is 9.69 Å². The van der Waals surface area contributed by atoms with Gasteiger partial charge in [0.25, 0.3) is 0 Å². The van der Waals surface area contributed by atoms with Crippen molar-refractivity contribution in [2.75, 3.05) is 19.8 Å². The number of hydrogen-bond acceptors (Lipinski definition) is 13. The Bertz CT molecular complexity index is 1220. The van der Waals surface area contributed by atoms with Gasteiger partial charge in [0.1, 0.15) is 18.3 Å². The number of nitrogens with one attached hydrogen (secondary N) is 2. The Balaban J connectivity index is 0.000000456. The van der Waals surface area contributed by atoms with Crippen molar-refractivity contribution in [2.24, 2.45) is 11.8 Å². The van der Waals surface area contributed by atoms with Crippen molar-refractivity contribution in [1.82, 2.24) is 10.6 Å². The van der Waals surface area contributed by atoms with Gasteiger partial charge in [-0.3, -0.25) is 4.85 Å². The highest BCUT2D eigenvalue weighted by molar-refractivity contribution is 6.70. The van der Waals surface area contributed by atoms with Crippen molar-refractivity contribution in [3.05, 3.63) is 22.8 Å². The van der Waals surface area contributed by atoms with Gasteiger partial charge >= 0.3 is 6.17 Å². The molecule has 3 aliphatic rings. The van der Waals surface area contributed by atoms with Crippen molar-refractivity contribution in [3.8, 4) is 0 Å². The molecule has 0 bridgehead atoms. The smallest absolute Gasteiger partial charge is 0.306 e.